The van der Waals surface area contributed by atoms with Crippen molar-refractivity contribution in [3.05, 3.63) is 89.4 Å². The van der Waals surface area contributed by atoms with Gasteiger partial charge in [-0.05, 0) is 54.8 Å². The zero-order valence-electron chi connectivity index (χ0n) is 22.2. The number of benzene rings is 2. The first-order valence-electron chi connectivity index (χ1n) is 13.0. The van der Waals surface area contributed by atoms with Gasteiger partial charge in [-0.15, -0.1) is 0 Å². The van der Waals surface area contributed by atoms with E-state index in [0.29, 0.717) is 49.9 Å². The van der Waals surface area contributed by atoms with Gasteiger partial charge in [0.15, 0.2) is 5.83 Å². The molecule has 212 valence electrons. The number of nitrogens with two attached hydrogens (primary N) is 1. The largest absolute Gasteiger partial charge is 0.415 e. The first-order chi connectivity index (χ1) is 19.2. The summed E-state index contributed by atoms with van der Waals surface area (Å²) in [6, 6.07) is 12.2. The van der Waals surface area contributed by atoms with Crippen LogP contribution in [0.3, 0.4) is 0 Å². The number of amides is 2. The Kier molecular flexibility index (Phi) is 9.42. The third kappa shape index (κ3) is 6.98. The van der Waals surface area contributed by atoms with Gasteiger partial charge in [-0.25, -0.2) is 18.6 Å². The number of likely N-dealkylation sites (N-methyl/N-ethyl adjacent to an activating group) is 1. The molecule has 4 rings (SSSR count). The fourth-order valence-electron chi connectivity index (χ4n) is 5.11. The molecule has 2 saturated heterocycles. The summed E-state index contributed by atoms with van der Waals surface area (Å²) in [6.07, 6.45) is 2.43. The van der Waals surface area contributed by atoms with Crippen molar-refractivity contribution in [2.45, 2.75) is 24.8 Å². The van der Waals surface area contributed by atoms with Crippen molar-refractivity contribution in [3.63, 3.8) is 0 Å². The average Bonchev–Trinajstić information content (AvgIpc) is 3.42. The van der Waals surface area contributed by atoms with Crippen LogP contribution >= 0.6 is 11.6 Å². The number of halogens is 3. The van der Waals surface area contributed by atoms with Gasteiger partial charge in [-0.2, -0.15) is 0 Å². The number of carbonyl (C=O) groups is 2. The van der Waals surface area contributed by atoms with E-state index in [9.17, 15) is 18.4 Å². The second-order valence-corrected chi connectivity index (χ2v) is 10.3. The lowest BCUT2D eigenvalue weighted by Gasteiger charge is -2.34. The van der Waals surface area contributed by atoms with Gasteiger partial charge in [0.1, 0.15) is 17.4 Å². The standard InChI is InChI=1S/C29H32ClF2N5O3/c1-19(34-16-24(32)15-33)36-13-11-21(12-14-36)28(38)37-17-26(20-3-5-22(30)6-4-20)27(18-37)35(2)29(39)40-25-9-7-23(31)8-10-25/h3-10,15-16,21,26-27H,1,11-14,17-18,33H2,2H3/b24-15+,34-16?/t26-,27+/m0/s1. The molecule has 2 aliphatic heterocycles. The number of aliphatic imine (C=N–C) groups is 1. The molecule has 40 heavy (non-hydrogen) atoms. The molecular formula is C29H32ClF2N5O3. The van der Waals surface area contributed by atoms with Crippen LogP contribution in [0.5, 0.6) is 5.75 Å². The molecule has 0 aromatic heterocycles. The predicted octanol–water partition coefficient (Wildman–Crippen LogP) is 4.93. The summed E-state index contributed by atoms with van der Waals surface area (Å²) in [6.45, 7) is 5.77. The molecule has 2 aliphatic rings. The number of hydrogen-bond donors (Lipinski definition) is 1. The SMILES string of the molecule is C=C(N=C/C(F)=C\N)N1CCC(C(=O)N2C[C@@H](N(C)C(=O)Oc3ccc(F)cc3)[C@H](c3ccc(Cl)cc3)C2)CC1. The molecule has 0 radical (unpaired) electrons. The smallest absolute Gasteiger partial charge is 0.410 e. The maximum Gasteiger partial charge on any atom is 0.415 e. The maximum atomic E-state index is 13.6. The number of carbonyl (C=O) groups excluding carboxylic acids is 2. The third-order valence-corrected chi connectivity index (χ3v) is 7.66. The molecule has 0 spiro atoms. The van der Waals surface area contributed by atoms with Crippen LogP contribution in [0.15, 0.2) is 78.0 Å². The quantitative estimate of drug-likeness (QED) is 0.476. The fourth-order valence-corrected chi connectivity index (χ4v) is 5.24. The highest BCUT2D eigenvalue weighted by molar-refractivity contribution is 6.30. The number of ether oxygens (including phenoxy) is 1. The minimum absolute atomic E-state index is 0.0210. The van der Waals surface area contributed by atoms with Crippen molar-refractivity contribution < 1.29 is 23.1 Å². The molecule has 2 fully saturated rings. The van der Waals surface area contributed by atoms with Crippen LogP contribution in [0.2, 0.25) is 5.02 Å². The van der Waals surface area contributed by atoms with E-state index < -0.39 is 17.7 Å². The summed E-state index contributed by atoms with van der Waals surface area (Å²) in [5.74, 6) is -0.785. The second-order valence-electron chi connectivity index (χ2n) is 9.89. The Hall–Kier alpha value is -3.92. The highest BCUT2D eigenvalue weighted by Crippen LogP contribution is 2.34. The second kappa shape index (κ2) is 13.0. The van der Waals surface area contributed by atoms with Gasteiger partial charge in [0.25, 0.3) is 0 Å². The minimum Gasteiger partial charge on any atom is -0.410 e. The van der Waals surface area contributed by atoms with E-state index in [1.54, 1.807) is 24.1 Å². The monoisotopic (exact) mass is 571 g/mol. The Morgan fingerprint density at radius 2 is 1.75 bits per heavy atom. The zero-order valence-corrected chi connectivity index (χ0v) is 22.9. The zero-order chi connectivity index (χ0) is 28.8. The summed E-state index contributed by atoms with van der Waals surface area (Å²) in [5.41, 5.74) is 6.08. The molecule has 2 aromatic carbocycles. The molecule has 0 bridgehead atoms. The third-order valence-electron chi connectivity index (χ3n) is 7.41. The van der Waals surface area contributed by atoms with Gasteiger partial charge < -0.3 is 25.2 Å². The first kappa shape index (κ1) is 29.1. The summed E-state index contributed by atoms with van der Waals surface area (Å²) >= 11 is 6.10. The molecule has 2 amide bonds. The van der Waals surface area contributed by atoms with E-state index in [1.165, 1.54) is 29.2 Å². The van der Waals surface area contributed by atoms with E-state index >= 15 is 0 Å². The summed E-state index contributed by atoms with van der Waals surface area (Å²) in [5, 5.41) is 0.592. The van der Waals surface area contributed by atoms with Crippen LogP contribution in [0.25, 0.3) is 0 Å². The van der Waals surface area contributed by atoms with Gasteiger partial charge in [0.2, 0.25) is 5.91 Å². The first-order valence-corrected chi connectivity index (χ1v) is 13.3. The topological polar surface area (TPSA) is 91.5 Å². The van der Waals surface area contributed by atoms with Crippen molar-refractivity contribution in [1.29, 1.82) is 0 Å². The average molecular weight is 572 g/mol. The lowest BCUT2D eigenvalue weighted by atomic mass is 9.93. The van der Waals surface area contributed by atoms with Crippen LogP contribution in [0.1, 0.15) is 24.3 Å². The summed E-state index contributed by atoms with van der Waals surface area (Å²) in [7, 11) is 1.64. The molecule has 0 saturated carbocycles. The Balaban J connectivity index is 1.44. The van der Waals surface area contributed by atoms with E-state index in [1.807, 2.05) is 17.0 Å². The van der Waals surface area contributed by atoms with E-state index in [0.717, 1.165) is 18.0 Å². The lowest BCUT2D eigenvalue weighted by molar-refractivity contribution is -0.136. The maximum absolute atomic E-state index is 13.6. The van der Waals surface area contributed by atoms with Crippen LogP contribution in [0.4, 0.5) is 13.6 Å². The summed E-state index contributed by atoms with van der Waals surface area (Å²) in [4.78, 5) is 35.9. The molecule has 0 unspecified atom stereocenters. The van der Waals surface area contributed by atoms with E-state index in [-0.39, 0.29) is 29.5 Å². The van der Waals surface area contributed by atoms with Crippen LogP contribution in [-0.2, 0) is 4.79 Å². The molecular weight excluding hydrogens is 540 g/mol. The highest BCUT2D eigenvalue weighted by Gasteiger charge is 2.42. The molecule has 0 aliphatic carbocycles. The predicted molar refractivity (Wildman–Crippen MR) is 150 cm³/mol. The van der Waals surface area contributed by atoms with Gasteiger partial charge in [0.05, 0.1) is 12.3 Å². The molecule has 2 N–H and O–H groups in total. The molecule has 2 heterocycles. The highest BCUT2D eigenvalue weighted by atomic mass is 35.5. The van der Waals surface area contributed by atoms with Gasteiger partial charge in [-0.1, -0.05) is 30.3 Å². The molecule has 2 aromatic rings. The van der Waals surface area contributed by atoms with Crippen molar-refractivity contribution in [2.75, 3.05) is 33.2 Å². The van der Waals surface area contributed by atoms with Crippen molar-refractivity contribution in [2.24, 2.45) is 16.6 Å². The lowest BCUT2D eigenvalue weighted by Crippen LogP contribution is -2.45. The molecule has 11 heteroatoms. The number of nitrogens with zero attached hydrogens (tertiary/aromatic N) is 4. The Morgan fingerprint density at radius 1 is 1.10 bits per heavy atom. The fraction of sp³-hybridized carbons (Fsp3) is 0.345. The van der Waals surface area contributed by atoms with Crippen molar-refractivity contribution in [3.8, 4) is 5.75 Å². The number of rotatable bonds is 7. The van der Waals surface area contributed by atoms with Crippen molar-refractivity contribution in [1.82, 2.24) is 14.7 Å². The van der Waals surface area contributed by atoms with Crippen LogP contribution in [0, 0.1) is 11.7 Å². The van der Waals surface area contributed by atoms with E-state index in [2.05, 4.69) is 11.6 Å². The van der Waals surface area contributed by atoms with E-state index in [4.69, 9.17) is 22.1 Å². The normalized spacial score (nSPS) is 20.1. The van der Waals surface area contributed by atoms with Crippen molar-refractivity contribution >= 4 is 29.8 Å². The molecule has 8 nitrogen and oxygen atoms in total. The minimum atomic E-state index is -0.656. The van der Waals surface area contributed by atoms with Crippen LogP contribution in [-0.4, -0.2) is 72.2 Å². The molecule has 2 atom stereocenters. The number of likely N-dealkylation sites (tertiary alicyclic amines) is 2. The number of allylic oxidation sites excluding steroid dienone is 1. The number of hydrogen-bond acceptors (Lipinski definition) is 6. The van der Waals surface area contributed by atoms with Gasteiger partial charge in [-0.3, -0.25) is 4.79 Å². The number of piperidine rings is 1. The van der Waals surface area contributed by atoms with Crippen LogP contribution < -0.4 is 10.5 Å². The Bertz CT molecular complexity index is 1280. The summed E-state index contributed by atoms with van der Waals surface area (Å²) < 4.78 is 32.0. The Morgan fingerprint density at radius 3 is 2.38 bits per heavy atom. The van der Waals surface area contributed by atoms with Gasteiger partial charge >= 0.3 is 6.09 Å². The Labute approximate surface area is 237 Å². The van der Waals surface area contributed by atoms with Gasteiger partial charge in [0, 0.05) is 56.3 Å².